The Morgan fingerprint density at radius 3 is 2.75 bits per heavy atom. The number of pyridine rings is 1. The van der Waals surface area contributed by atoms with E-state index in [1.165, 1.54) is 0 Å². The Hall–Kier alpha value is -3.48. The summed E-state index contributed by atoms with van der Waals surface area (Å²) in [7, 11) is 3.13. The van der Waals surface area contributed by atoms with Crippen LogP contribution in [0.5, 0.6) is 11.5 Å². The van der Waals surface area contributed by atoms with Crippen LogP contribution in [-0.4, -0.2) is 41.2 Å². The maximum absolute atomic E-state index is 13.2. The maximum Gasteiger partial charge on any atom is 0.322 e. The summed E-state index contributed by atoms with van der Waals surface area (Å²) in [4.78, 5) is 19.3. The average molecular weight is 378 g/mol. The molecule has 28 heavy (non-hydrogen) atoms. The standard InChI is InChI=1S/C21H22N4O3/c1-27-18-9-3-7-16(20(18)28-2)23-21(26)25-13-12-24-11-5-8-17(24)19(25)15-6-4-10-22-14-15/h3-11,14,19H,12-13H2,1-2H3,(H,23,26). The van der Waals surface area contributed by atoms with Gasteiger partial charge in [0.2, 0.25) is 0 Å². The van der Waals surface area contributed by atoms with E-state index in [9.17, 15) is 4.79 Å². The molecular formula is C21H22N4O3. The number of benzene rings is 1. The van der Waals surface area contributed by atoms with Crippen LogP contribution in [0.15, 0.2) is 61.1 Å². The van der Waals surface area contributed by atoms with E-state index in [1.807, 2.05) is 41.4 Å². The van der Waals surface area contributed by atoms with Gasteiger partial charge in [0.15, 0.2) is 11.5 Å². The third kappa shape index (κ3) is 3.15. The van der Waals surface area contributed by atoms with Crippen molar-refractivity contribution < 1.29 is 14.3 Å². The van der Waals surface area contributed by atoms with Crippen LogP contribution < -0.4 is 14.8 Å². The van der Waals surface area contributed by atoms with Crippen LogP contribution in [-0.2, 0) is 6.54 Å². The molecule has 1 aliphatic rings. The second kappa shape index (κ2) is 7.64. The number of ether oxygens (including phenoxy) is 2. The van der Waals surface area contributed by atoms with Crippen LogP contribution in [0, 0.1) is 0 Å². The second-order valence-electron chi connectivity index (χ2n) is 6.48. The molecule has 0 aliphatic carbocycles. The summed E-state index contributed by atoms with van der Waals surface area (Å²) in [6.45, 7) is 1.32. The highest BCUT2D eigenvalue weighted by atomic mass is 16.5. The Kier molecular flexibility index (Phi) is 4.89. The largest absolute Gasteiger partial charge is 0.493 e. The van der Waals surface area contributed by atoms with Crippen LogP contribution in [0.4, 0.5) is 10.5 Å². The molecule has 0 bridgehead atoms. The van der Waals surface area contributed by atoms with Gasteiger partial charge in [0.05, 0.1) is 19.9 Å². The Bertz CT molecular complexity index is 971. The van der Waals surface area contributed by atoms with Gasteiger partial charge < -0.3 is 24.3 Å². The topological polar surface area (TPSA) is 68.6 Å². The summed E-state index contributed by atoms with van der Waals surface area (Å²) in [5.74, 6) is 1.06. The van der Waals surface area contributed by atoms with Gasteiger partial charge in [-0.2, -0.15) is 0 Å². The van der Waals surface area contributed by atoms with E-state index < -0.39 is 0 Å². The predicted molar refractivity (Wildman–Crippen MR) is 106 cm³/mol. The van der Waals surface area contributed by atoms with Crippen molar-refractivity contribution in [2.45, 2.75) is 12.6 Å². The molecule has 0 saturated heterocycles. The molecule has 7 heteroatoms. The van der Waals surface area contributed by atoms with Crippen LogP contribution in [0.3, 0.4) is 0 Å². The Morgan fingerprint density at radius 2 is 2.00 bits per heavy atom. The number of aromatic nitrogens is 2. The van der Waals surface area contributed by atoms with Gasteiger partial charge in [-0.3, -0.25) is 4.98 Å². The number of fused-ring (bicyclic) bond motifs is 1. The van der Waals surface area contributed by atoms with Gasteiger partial charge in [0.1, 0.15) is 6.04 Å². The lowest BCUT2D eigenvalue weighted by molar-refractivity contribution is 0.181. The number of urea groups is 1. The van der Waals surface area contributed by atoms with Crippen molar-refractivity contribution in [2.75, 3.05) is 26.1 Å². The quantitative estimate of drug-likeness (QED) is 0.754. The molecule has 1 aromatic carbocycles. The summed E-state index contributed by atoms with van der Waals surface area (Å²) >= 11 is 0. The van der Waals surface area contributed by atoms with Crippen LogP contribution >= 0.6 is 0 Å². The SMILES string of the molecule is COc1cccc(NC(=O)N2CCn3cccc3C2c2cccnc2)c1OC. The third-order valence-electron chi connectivity index (χ3n) is 4.94. The van der Waals surface area contributed by atoms with Crippen LogP contribution in [0.1, 0.15) is 17.3 Å². The highest BCUT2D eigenvalue weighted by Crippen LogP contribution is 2.36. The van der Waals surface area contributed by atoms with Crippen molar-refractivity contribution in [2.24, 2.45) is 0 Å². The van der Waals surface area contributed by atoms with Gasteiger partial charge in [0.25, 0.3) is 0 Å². The van der Waals surface area contributed by atoms with Crippen molar-refractivity contribution in [3.05, 3.63) is 72.3 Å². The minimum atomic E-state index is -0.214. The number of para-hydroxylation sites is 1. The van der Waals surface area contributed by atoms with Gasteiger partial charge in [-0.05, 0) is 35.9 Å². The number of nitrogens with one attached hydrogen (secondary N) is 1. The molecular weight excluding hydrogens is 356 g/mol. The minimum absolute atomic E-state index is 0.201. The van der Waals surface area contributed by atoms with Crippen molar-refractivity contribution in [3.63, 3.8) is 0 Å². The summed E-state index contributed by atoms with van der Waals surface area (Å²) in [5, 5.41) is 2.98. The first-order valence-electron chi connectivity index (χ1n) is 9.06. The molecule has 1 unspecified atom stereocenters. The normalized spacial score (nSPS) is 15.6. The number of carbonyl (C=O) groups excluding carboxylic acids is 1. The van der Waals surface area contributed by atoms with Gasteiger partial charge >= 0.3 is 6.03 Å². The number of anilines is 1. The molecule has 4 rings (SSSR count). The molecule has 0 radical (unpaired) electrons. The molecule has 1 aliphatic heterocycles. The maximum atomic E-state index is 13.2. The molecule has 3 heterocycles. The number of nitrogens with zero attached hydrogens (tertiary/aromatic N) is 3. The number of hydrogen-bond acceptors (Lipinski definition) is 4. The summed E-state index contributed by atoms with van der Waals surface area (Å²) in [6.07, 6.45) is 5.58. The first-order chi connectivity index (χ1) is 13.7. The number of methoxy groups -OCH3 is 2. The van der Waals surface area contributed by atoms with Gasteiger partial charge in [0, 0.05) is 37.4 Å². The minimum Gasteiger partial charge on any atom is -0.493 e. The van der Waals surface area contributed by atoms with E-state index in [2.05, 4.69) is 14.9 Å². The monoisotopic (exact) mass is 378 g/mol. The van der Waals surface area contributed by atoms with Gasteiger partial charge in [-0.25, -0.2) is 4.79 Å². The Balaban J connectivity index is 1.67. The molecule has 7 nitrogen and oxygen atoms in total. The number of amides is 2. The van der Waals surface area contributed by atoms with Crippen molar-refractivity contribution in [3.8, 4) is 11.5 Å². The molecule has 144 valence electrons. The van der Waals surface area contributed by atoms with E-state index in [0.717, 1.165) is 17.8 Å². The number of carbonyl (C=O) groups is 1. The van der Waals surface area contributed by atoms with Crippen LogP contribution in [0.2, 0.25) is 0 Å². The fourth-order valence-electron chi connectivity index (χ4n) is 3.66. The molecule has 1 atom stereocenters. The fourth-order valence-corrected chi connectivity index (χ4v) is 3.66. The van der Waals surface area contributed by atoms with E-state index in [0.29, 0.717) is 23.7 Å². The molecule has 0 fully saturated rings. The van der Waals surface area contributed by atoms with E-state index in [-0.39, 0.29) is 12.1 Å². The van der Waals surface area contributed by atoms with Gasteiger partial charge in [-0.15, -0.1) is 0 Å². The molecule has 1 N–H and O–H groups in total. The number of hydrogen-bond donors (Lipinski definition) is 1. The highest BCUT2D eigenvalue weighted by molar-refractivity contribution is 5.92. The van der Waals surface area contributed by atoms with Crippen molar-refractivity contribution in [1.82, 2.24) is 14.5 Å². The molecule has 2 amide bonds. The molecule has 0 saturated carbocycles. The van der Waals surface area contributed by atoms with Crippen molar-refractivity contribution >= 4 is 11.7 Å². The lowest BCUT2D eigenvalue weighted by Gasteiger charge is -2.37. The fraction of sp³-hybridized carbons (Fsp3) is 0.238. The molecule has 2 aromatic heterocycles. The van der Waals surface area contributed by atoms with E-state index in [1.54, 1.807) is 38.7 Å². The average Bonchev–Trinajstić information content (AvgIpc) is 3.22. The van der Waals surface area contributed by atoms with Gasteiger partial charge in [-0.1, -0.05) is 12.1 Å². The predicted octanol–water partition coefficient (Wildman–Crippen LogP) is 3.54. The first kappa shape index (κ1) is 17.9. The lowest BCUT2D eigenvalue weighted by atomic mass is 10.0. The van der Waals surface area contributed by atoms with Crippen molar-refractivity contribution in [1.29, 1.82) is 0 Å². The Morgan fingerprint density at radius 1 is 1.11 bits per heavy atom. The smallest absolute Gasteiger partial charge is 0.322 e. The number of rotatable bonds is 4. The zero-order valence-corrected chi connectivity index (χ0v) is 15.8. The third-order valence-corrected chi connectivity index (χ3v) is 4.94. The van der Waals surface area contributed by atoms with E-state index in [4.69, 9.17) is 9.47 Å². The second-order valence-corrected chi connectivity index (χ2v) is 6.48. The molecule has 0 spiro atoms. The van der Waals surface area contributed by atoms with Crippen LogP contribution in [0.25, 0.3) is 0 Å². The summed E-state index contributed by atoms with van der Waals surface area (Å²) in [5.41, 5.74) is 2.60. The summed E-state index contributed by atoms with van der Waals surface area (Å²) < 4.78 is 12.9. The molecule has 3 aromatic rings. The summed E-state index contributed by atoms with van der Waals surface area (Å²) in [6, 6.07) is 12.9. The first-order valence-corrected chi connectivity index (χ1v) is 9.06. The zero-order valence-electron chi connectivity index (χ0n) is 15.8. The Labute approximate surface area is 163 Å². The van der Waals surface area contributed by atoms with E-state index >= 15 is 0 Å². The highest BCUT2D eigenvalue weighted by Gasteiger charge is 2.32. The lowest BCUT2D eigenvalue weighted by Crippen LogP contribution is -2.44. The zero-order chi connectivity index (χ0) is 19.5.